The maximum atomic E-state index is 12.4. The highest BCUT2D eigenvalue weighted by Gasteiger charge is 2.16. The van der Waals surface area contributed by atoms with Gasteiger partial charge in [-0.3, -0.25) is 9.48 Å². The standard InChI is InChI=1S/C15H22N6O2/c1-11(2)7-21(9-12-5-19-20(3)8-12)15(23)16-6-13-4-14(22)18-10-17-13/h4-5,8,10-11H,6-7,9H2,1-3H3,(H,16,23)(H,17,18,22). The van der Waals surface area contributed by atoms with Gasteiger partial charge in [0, 0.05) is 31.4 Å². The summed E-state index contributed by atoms with van der Waals surface area (Å²) in [5, 5.41) is 6.92. The van der Waals surface area contributed by atoms with E-state index in [0.29, 0.717) is 24.7 Å². The van der Waals surface area contributed by atoms with Crippen LogP contribution < -0.4 is 10.9 Å². The lowest BCUT2D eigenvalue weighted by Crippen LogP contribution is -2.41. The first-order valence-corrected chi connectivity index (χ1v) is 7.48. The van der Waals surface area contributed by atoms with Crippen molar-refractivity contribution in [1.82, 2.24) is 30.0 Å². The fourth-order valence-electron chi connectivity index (χ4n) is 2.22. The molecule has 8 heteroatoms. The summed E-state index contributed by atoms with van der Waals surface area (Å²) < 4.78 is 1.71. The molecule has 2 amide bonds. The van der Waals surface area contributed by atoms with Crippen LogP contribution in [0.25, 0.3) is 0 Å². The molecule has 0 atom stereocenters. The smallest absolute Gasteiger partial charge is 0.318 e. The van der Waals surface area contributed by atoms with Crippen molar-refractivity contribution in [2.24, 2.45) is 13.0 Å². The quantitative estimate of drug-likeness (QED) is 0.826. The predicted molar refractivity (Wildman–Crippen MR) is 85.5 cm³/mol. The van der Waals surface area contributed by atoms with Crippen LogP contribution in [0.2, 0.25) is 0 Å². The van der Waals surface area contributed by atoms with Crippen molar-refractivity contribution in [1.29, 1.82) is 0 Å². The van der Waals surface area contributed by atoms with Gasteiger partial charge in [0.2, 0.25) is 0 Å². The molecule has 8 nitrogen and oxygen atoms in total. The van der Waals surface area contributed by atoms with Crippen molar-refractivity contribution in [3.8, 4) is 0 Å². The van der Waals surface area contributed by atoms with Crippen LogP contribution in [0.3, 0.4) is 0 Å². The molecule has 0 radical (unpaired) electrons. The van der Waals surface area contributed by atoms with Crippen molar-refractivity contribution >= 4 is 6.03 Å². The van der Waals surface area contributed by atoms with Crippen LogP contribution in [-0.4, -0.2) is 37.2 Å². The maximum Gasteiger partial charge on any atom is 0.318 e. The molecular weight excluding hydrogens is 296 g/mol. The summed E-state index contributed by atoms with van der Waals surface area (Å²) in [6.07, 6.45) is 4.96. The number of nitrogens with one attached hydrogen (secondary N) is 2. The molecule has 2 aromatic heterocycles. The Morgan fingerprint density at radius 2 is 2.26 bits per heavy atom. The third kappa shape index (κ3) is 5.24. The number of rotatable bonds is 6. The van der Waals surface area contributed by atoms with Crippen LogP contribution in [0, 0.1) is 5.92 Å². The molecule has 0 saturated heterocycles. The molecule has 2 rings (SSSR count). The fraction of sp³-hybridized carbons (Fsp3) is 0.467. The number of amides is 2. The van der Waals surface area contributed by atoms with Crippen molar-refractivity contribution in [2.75, 3.05) is 6.54 Å². The summed E-state index contributed by atoms with van der Waals surface area (Å²) in [4.78, 5) is 31.8. The second kappa shape index (κ2) is 7.57. The van der Waals surface area contributed by atoms with Gasteiger partial charge in [-0.05, 0) is 5.92 Å². The number of aryl methyl sites for hydroxylation is 1. The number of aromatic nitrogens is 4. The zero-order valence-corrected chi connectivity index (χ0v) is 13.6. The average molecular weight is 318 g/mol. The lowest BCUT2D eigenvalue weighted by atomic mass is 10.2. The predicted octanol–water partition coefficient (Wildman–Crippen LogP) is 0.871. The van der Waals surface area contributed by atoms with Crippen molar-refractivity contribution in [2.45, 2.75) is 26.9 Å². The van der Waals surface area contributed by atoms with Crippen LogP contribution in [0.15, 0.2) is 29.6 Å². The van der Waals surface area contributed by atoms with E-state index in [9.17, 15) is 9.59 Å². The minimum absolute atomic E-state index is 0.190. The van der Waals surface area contributed by atoms with E-state index in [1.165, 1.54) is 12.4 Å². The minimum atomic E-state index is -0.237. The van der Waals surface area contributed by atoms with Crippen molar-refractivity contribution < 1.29 is 4.79 Å². The number of hydrogen-bond acceptors (Lipinski definition) is 4. The van der Waals surface area contributed by atoms with Gasteiger partial charge >= 0.3 is 6.03 Å². The summed E-state index contributed by atoms with van der Waals surface area (Å²) in [6.45, 7) is 5.44. The molecule has 124 valence electrons. The number of aromatic amines is 1. The van der Waals surface area contributed by atoms with E-state index in [0.717, 1.165) is 5.56 Å². The SMILES string of the molecule is CC(C)CN(Cc1cnn(C)c1)C(=O)NCc1cc(=O)[nH]cn1. The number of nitrogens with zero attached hydrogens (tertiary/aromatic N) is 4. The number of carbonyl (C=O) groups is 1. The zero-order valence-electron chi connectivity index (χ0n) is 13.6. The molecule has 2 heterocycles. The summed E-state index contributed by atoms with van der Waals surface area (Å²) in [6, 6.07) is 1.18. The normalized spacial score (nSPS) is 10.8. The molecule has 2 aromatic rings. The van der Waals surface area contributed by atoms with Gasteiger partial charge in [0.25, 0.3) is 5.56 Å². The van der Waals surface area contributed by atoms with Crippen molar-refractivity contribution in [3.63, 3.8) is 0 Å². The van der Waals surface area contributed by atoms with Crippen LogP contribution in [0.1, 0.15) is 25.1 Å². The van der Waals surface area contributed by atoms with Gasteiger partial charge in [-0.1, -0.05) is 13.8 Å². The molecule has 0 saturated carbocycles. The fourth-order valence-corrected chi connectivity index (χ4v) is 2.22. The highest BCUT2D eigenvalue weighted by molar-refractivity contribution is 5.74. The lowest BCUT2D eigenvalue weighted by molar-refractivity contribution is 0.187. The molecule has 2 N–H and O–H groups in total. The third-order valence-corrected chi connectivity index (χ3v) is 3.16. The summed E-state index contributed by atoms with van der Waals surface area (Å²) >= 11 is 0. The second-order valence-electron chi connectivity index (χ2n) is 5.86. The average Bonchev–Trinajstić information content (AvgIpc) is 2.89. The van der Waals surface area contributed by atoms with Crippen molar-refractivity contribution in [3.05, 3.63) is 46.4 Å². The molecule has 0 bridgehead atoms. The van der Waals surface area contributed by atoms with Gasteiger partial charge in [-0.15, -0.1) is 0 Å². The summed E-state index contributed by atoms with van der Waals surface area (Å²) in [5.41, 5.74) is 1.25. The van der Waals surface area contributed by atoms with Gasteiger partial charge in [-0.25, -0.2) is 9.78 Å². The first-order chi connectivity index (χ1) is 10.9. The largest absolute Gasteiger partial charge is 0.332 e. The Balaban J connectivity index is 1.99. The number of hydrogen-bond donors (Lipinski definition) is 2. The lowest BCUT2D eigenvalue weighted by Gasteiger charge is -2.24. The topological polar surface area (TPSA) is 95.9 Å². The molecule has 0 aliphatic carbocycles. The first-order valence-electron chi connectivity index (χ1n) is 7.48. The minimum Gasteiger partial charge on any atom is -0.332 e. The van der Waals surface area contributed by atoms with E-state index in [1.807, 2.05) is 13.2 Å². The highest BCUT2D eigenvalue weighted by atomic mass is 16.2. The molecule has 0 unspecified atom stereocenters. The van der Waals surface area contributed by atoms with Crippen LogP contribution in [0.4, 0.5) is 4.79 Å². The Kier molecular flexibility index (Phi) is 5.51. The van der Waals surface area contributed by atoms with Crippen LogP contribution in [0.5, 0.6) is 0 Å². The van der Waals surface area contributed by atoms with E-state index in [-0.39, 0.29) is 18.1 Å². The first kappa shape index (κ1) is 16.7. The Hall–Kier alpha value is -2.64. The Bertz CT molecular complexity index is 706. The maximum absolute atomic E-state index is 12.4. The number of H-pyrrole nitrogens is 1. The molecule has 0 fully saturated rings. The Labute approximate surface area is 134 Å². The van der Waals surface area contributed by atoms with Gasteiger partial charge in [0.1, 0.15) is 0 Å². The summed E-state index contributed by atoms with van der Waals surface area (Å²) in [7, 11) is 1.84. The van der Waals surface area contributed by atoms with E-state index in [1.54, 1.807) is 15.8 Å². The second-order valence-corrected chi connectivity index (χ2v) is 5.86. The Morgan fingerprint density at radius 3 is 2.87 bits per heavy atom. The third-order valence-electron chi connectivity index (χ3n) is 3.16. The Morgan fingerprint density at radius 1 is 1.48 bits per heavy atom. The molecule has 0 aromatic carbocycles. The van der Waals surface area contributed by atoms with E-state index in [4.69, 9.17) is 0 Å². The van der Waals surface area contributed by atoms with Gasteiger partial charge in [-0.2, -0.15) is 5.10 Å². The molecule has 0 aliphatic rings. The molecule has 0 aliphatic heterocycles. The number of carbonyl (C=O) groups excluding carboxylic acids is 1. The van der Waals surface area contributed by atoms with E-state index < -0.39 is 0 Å². The van der Waals surface area contributed by atoms with Crippen LogP contribution in [-0.2, 0) is 20.1 Å². The van der Waals surface area contributed by atoms with E-state index >= 15 is 0 Å². The van der Waals surface area contributed by atoms with Gasteiger partial charge < -0.3 is 15.2 Å². The monoisotopic (exact) mass is 318 g/mol. The molecule has 23 heavy (non-hydrogen) atoms. The van der Waals surface area contributed by atoms with Crippen LogP contribution >= 0.6 is 0 Å². The summed E-state index contributed by atoms with van der Waals surface area (Å²) in [5.74, 6) is 0.343. The van der Waals surface area contributed by atoms with E-state index in [2.05, 4.69) is 34.2 Å². The zero-order chi connectivity index (χ0) is 16.8. The molecular formula is C15H22N6O2. The van der Waals surface area contributed by atoms with Gasteiger partial charge in [0.05, 0.1) is 31.3 Å². The highest BCUT2D eigenvalue weighted by Crippen LogP contribution is 2.07. The number of urea groups is 1. The molecule has 0 spiro atoms. The van der Waals surface area contributed by atoms with Gasteiger partial charge in [0.15, 0.2) is 0 Å².